The van der Waals surface area contributed by atoms with Gasteiger partial charge in [0.2, 0.25) is 0 Å². The number of rotatable bonds is 7. The van der Waals surface area contributed by atoms with Crippen molar-refractivity contribution in [2.24, 2.45) is 0 Å². The predicted molar refractivity (Wildman–Crippen MR) is 135 cm³/mol. The molecule has 2 aromatic carbocycles. The topological polar surface area (TPSA) is 77.3 Å². The summed E-state index contributed by atoms with van der Waals surface area (Å²) >= 11 is 12.7. The van der Waals surface area contributed by atoms with Crippen LogP contribution in [0.3, 0.4) is 0 Å². The maximum Gasteiger partial charge on any atom is 0.179 e. The molecule has 0 amide bonds. The van der Waals surface area contributed by atoms with E-state index >= 15 is 0 Å². The third-order valence-corrected chi connectivity index (χ3v) is 8.33. The van der Waals surface area contributed by atoms with Crippen LogP contribution in [-0.2, 0) is 9.84 Å². The first-order valence-corrected chi connectivity index (χ1v) is 13.3. The number of aromatic nitrogens is 1. The average molecular weight is 515 g/mol. The molecule has 1 aliphatic heterocycles. The summed E-state index contributed by atoms with van der Waals surface area (Å²) < 4.78 is 25.2. The van der Waals surface area contributed by atoms with Crippen LogP contribution >= 0.6 is 23.2 Å². The minimum absolute atomic E-state index is 0.00591. The van der Waals surface area contributed by atoms with Crippen molar-refractivity contribution >= 4 is 38.7 Å². The molecule has 2 heterocycles. The van der Waals surface area contributed by atoms with E-state index in [-0.39, 0.29) is 16.7 Å². The number of sulfone groups is 1. The molecule has 0 radical (unpaired) electrons. The quantitative estimate of drug-likeness (QED) is 0.442. The second-order valence-electron chi connectivity index (χ2n) is 8.20. The van der Waals surface area contributed by atoms with Crippen LogP contribution in [0.4, 0.5) is 5.69 Å². The molecule has 6 nitrogen and oxygen atoms in total. The summed E-state index contributed by atoms with van der Waals surface area (Å²) in [5.74, 6) is 0.0754. The molecular formula is C25H24Cl2N4O2S. The number of anilines is 1. The van der Waals surface area contributed by atoms with Gasteiger partial charge in [0, 0.05) is 37.1 Å². The number of halogens is 2. The van der Waals surface area contributed by atoms with Crippen LogP contribution in [0.25, 0.3) is 0 Å². The van der Waals surface area contributed by atoms with E-state index in [4.69, 9.17) is 23.2 Å². The average Bonchev–Trinajstić information content (AvgIpc) is 2.85. The minimum atomic E-state index is -3.36. The standard InChI is InChI=1S/C25H24Cl2N4O2S/c26-21-7-5-20(6-8-21)25-18-30(11-2-14-34(32,33)22-3-1-10-29-17-22)12-13-31(25)24-9-4-19(16-28)15-23(24)27/h1,3-10,15,17,25H,2,11-14,18H2/t25-/m0/s1. The Labute approximate surface area is 210 Å². The lowest BCUT2D eigenvalue weighted by Gasteiger charge is -2.43. The van der Waals surface area contributed by atoms with Gasteiger partial charge in [0.25, 0.3) is 0 Å². The van der Waals surface area contributed by atoms with Gasteiger partial charge in [-0.3, -0.25) is 9.88 Å². The largest absolute Gasteiger partial charge is 0.361 e. The van der Waals surface area contributed by atoms with Crippen LogP contribution in [0.15, 0.2) is 71.9 Å². The maximum absolute atomic E-state index is 12.6. The minimum Gasteiger partial charge on any atom is -0.361 e. The van der Waals surface area contributed by atoms with Gasteiger partial charge in [0.05, 0.1) is 39.0 Å². The summed E-state index contributed by atoms with van der Waals surface area (Å²) in [5, 5.41) is 10.4. The molecule has 1 saturated heterocycles. The molecule has 0 aliphatic carbocycles. The van der Waals surface area contributed by atoms with Gasteiger partial charge >= 0.3 is 0 Å². The molecule has 1 aliphatic rings. The molecule has 176 valence electrons. The summed E-state index contributed by atoms with van der Waals surface area (Å²) in [6.07, 6.45) is 3.49. The number of nitriles is 1. The van der Waals surface area contributed by atoms with Crippen LogP contribution in [-0.4, -0.2) is 50.2 Å². The number of hydrogen-bond donors (Lipinski definition) is 0. The zero-order valence-electron chi connectivity index (χ0n) is 18.4. The zero-order valence-corrected chi connectivity index (χ0v) is 20.8. The van der Waals surface area contributed by atoms with Crippen LogP contribution in [0.5, 0.6) is 0 Å². The van der Waals surface area contributed by atoms with E-state index in [1.807, 2.05) is 30.3 Å². The Morgan fingerprint density at radius 1 is 1.09 bits per heavy atom. The molecule has 1 fully saturated rings. The van der Waals surface area contributed by atoms with E-state index in [2.05, 4.69) is 20.9 Å². The predicted octanol–water partition coefficient (Wildman–Crippen LogP) is 4.99. The Bertz CT molecular complexity index is 1280. The van der Waals surface area contributed by atoms with Gasteiger partial charge in [-0.1, -0.05) is 35.3 Å². The molecule has 1 aromatic heterocycles. The van der Waals surface area contributed by atoms with Crippen molar-refractivity contribution in [1.29, 1.82) is 5.26 Å². The van der Waals surface area contributed by atoms with E-state index in [0.717, 1.165) is 17.8 Å². The SMILES string of the molecule is N#Cc1ccc(N2CCN(CCCS(=O)(=O)c3cccnc3)C[C@H]2c2ccc(Cl)cc2)c(Cl)c1. The lowest BCUT2D eigenvalue weighted by atomic mass is 10.0. The number of benzene rings is 2. The number of nitrogens with zero attached hydrogens (tertiary/aromatic N) is 4. The van der Waals surface area contributed by atoms with Gasteiger partial charge in [0.15, 0.2) is 9.84 Å². The Balaban J connectivity index is 1.50. The molecule has 34 heavy (non-hydrogen) atoms. The van der Waals surface area contributed by atoms with Crippen LogP contribution < -0.4 is 4.90 Å². The van der Waals surface area contributed by atoms with E-state index in [1.165, 1.54) is 6.20 Å². The first-order chi connectivity index (χ1) is 16.4. The molecule has 0 spiro atoms. The summed E-state index contributed by atoms with van der Waals surface area (Å²) in [6, 6.07) is 18.5. The number of pyridine rings is 1. The number of hydrogen-bond acceptors (Lipinski definition) is 6. The third kappa shape index (κ3) is 5.70. The highest BCUT2D eigenvalue weighted by molar-refractivity contribution is 7.91. The fourth-order valence-corrected chi connectivity index (χ4v) is 5.90. The first-order valence-electron chi connectivity index (χ1n) is 10.9. The van der Waals surface area contributed by atoms with Crippen molar-refractivity contribution in [3.63, 3.8) is 0 Å². The summed E-state index contributed by atoms with van der Waals surface area (Å²) in [4.78, 5) is 8.71. The van der Waals surface area contributed by atoms with Gasteiger partial charge in [-0.05, 0) is 61.0 Å². The molecule has 9 heteroatoms. The maximum atomic E-state index is 12.6. The van der Waals surface area contributed by atoms with Crippen molar-refractivity contribution in [3.05, 3.63) is 88.2 Å². The fourth-order valence-electron chi connectivity index (χ4n) is 4.24. The van der Waals surface area contributed by atoms with Crippen LogP contribution in [0, 0.1) is 11.3 Å². The molecule has 0 bridgehead atoms. The van der Waals surface area contributed by atoms with Gasteiger partial charge in [0.1, 0.15) is 0 Å². The highest BCUT2D eigenvalue weighted by atomic mass is 35.5. The van der Waals surface area contributed by atoms with E-state index in [9.17, 15) is 13.7 Å². The lowest BCUT2D eigenvalue weighted by Crippen LogP contribution is -2.49. The Hall–Kier alpha value is -2.63. The third-order valence-electron chi connectivity index (χ3n) is 5.99. The summed E-state index contributed by atoms with van der Waals surface area (Å²) in [5.41, 5.74) is 2.49. The smallest absolute Gasteiger partial charge is 0.179 e. The van der Waals surface area contributed by atoms with E-state index < -0.39 is 9.84 Å². The monoisotopic (exact) mass is 514 g/mol. The van der Waals surface area contributed by atoms with E-state index in [0.29, 0.717) is 41.7 Å². The Kier molecular flexibility index (Phi) is 7.74. The summed E-state index contributed by atoms with van der Waals surface area (Å²) in [7, 11) is -3.36. The van der Waals surface area contributed by atoms with Crippen molar-refractivity contribution in [2.45, 2.75) is 17.4 Å². The van der Waals surface area contributed by atoms with Gasteiger partial charge in [-0.15, -0.1) is 0 Å². The Morgan fingerprint density at radius 2 is 1.88 bits per heavy atom. The van der Waals surface area contributed by atoms with Crippen molar-refractivity contribution in [2.75, 3.05) is 36.8 Å². The lowest BCUT2D eigenvalue weighted by molar-refractivity contribution is 0.224. The first kappa shape index (κ1) is 24.5. The molecule has 3 aromatic rings. The van der Waals surface area contributed by atoms with Crippen LogP contribution in [0.1, 0.15) is 23.6 Å². The zero-order chi connectivity index (χ0) is 24.1. The molecule has 4 rings (SSSR count). The van der Waals surface area contributed by atoms with Crippen molar-refractivity contribution in [1.82, 2.24) is 9.88 Å². The summed E-state index contributed by atoms with van der Waals surface area (Å²) in [6.45, 7) is 2.87. The highest BCUT2D eigenvalue weighted by Crippen LogP contribution is 2.36. The van der Waals surface area contributed by atoms with Gasteiger partial charge < -0.3 is 4.90 Å². The molecule has 1 atom stereocenters. The molecule has 0 N–H and O–H groups in total. The molecular weight excluding hydrogens is 491 g/mol. The van der Waals surface area contributed by atoms with Crippen molar-refractivity contribution < 1.29 is 8.42 Å². The van der Waals surface area contributed by atoms with Gasteiger partial charge in [-0.25, -0.2) is 8.42 Å². The second-order valence-corrected chi connectivity index (χ2v) is 11.2. The molecule has 0 saturated carbocycles. The second kappa shape index (κ2) is 10.7. The molecule has 0 unspecified atom stereocenters. The Morgan fingerprint density at radius 3 is 2.56 bits per heavy atom. The van der Waals surface area contributed by atoms with Crippen molar-refractivity contribution in [3.8, 4) is 6.07 Å². The van der Waals surface area contributed by atoms with E-state index in [1.54, 1.807) is 30.5 Å². The number of piperazine rings is 1. The van der Waals surface area contributed by atoms with Crippen LogP contribution in [0.2, 0.25) is 10.0 Å². The highest BCUT2D eigenvalue weighted by Gasteiger charge is 2.30. The van der Waals surface area contributed by atoms with Gasteiger partial charge in [-0.2, -0.15) is 5.26 Å². The fraction of sp³-hybridized carbons (Fsp3) is 0.280. The normalized spacial score (nSPS) is 16.9.